The van der Waals surface area contributed by atoms with Crippen molar-refractivity contribution < 1.29 is 75.5 Å². The Morgan fingerprint density at radius 2 is 1.09 bits per heavy atom. The number of methoxy groups -OCH3 is 1. The number of benzene rings is 1. The Bertz CT molecular complexity index is 912. The van der Waals surface area contributed by atoms with Crippen LogP contribution in [0, 0.1) is 10.1 Å². The molecule has 0 saturated carbocycles. The van der Waals surface area contributed by atoms with Crippen LogP contribution in [0.2, 0.25) is 0 Å². The molecule has 0 aromatic heterocycles. The quantitative estimate of drug-likeness (QED) is 0.179. The van der Waals surface area contributed by atoms with Gasteiger partial charge in [-0.15, -0.1) is 0 Å². The highest BCUT2D eigenvalue weighted by atomic mass is 19.4. The van der Waals surface area contributed by atoms with Crippen LogP contribution in [-0.4, -0.2) is 53.7 Å². The lowest BCUT2D eigenvalue weighted by molar-refractivity contribution is -0.453. The van der Waals surface area contributed by atoms with Crippen molar-refractivity contribution in [3.05, 3.63) is 39.9 Å². The van der Waals surface area contributed by atoms with Crippen molar-refractivity contribution in [3.8, 4) is 0 Å². The Kier molecular flexibility index (Phi) is 7.75. The molecule has 1 aromatic carbocycles. The molecule has 0 bridgehead atoms. The minimum Gasteiger partial charge on any atom is -0.377 e. The Balaban J connectivity index is 3.47. The number of ether oxygens (including phenoxy) is 1. The van der Waals surface area contributed by atoms with Gasteiger partial charge in [-0.25, -0.2) is 0 Å². The summed E-state index contributed by atoms with van der Waals surface area (Å²) in [6.07, 6.45) is -12.9. The van der Waals surface area contributed by atoms with Crippen LogP contribution >= 0.6 is 0 Å². The van der Waals surface area contributed by atoms with E-state index in [1.165, 1.54) is 0 Å². The van der Waals surface area contributed by atoms with Gasteiger partial charge in [0, 0.05) is 25.7 Å². The fourth-order valence-electron chi connectivity index (χ4n) is 2.51. The predicted octanol–water partition coefficient (Wildman–Crippen LogP) is 7.05. The number of rotatable bonds is 10. The monoisotopic (exact) mass is 549 g/mol. The summed E-state index contributed by atoms with van der Waals surface area (Å²) >= 11 is 0. The number of nitro benzene ring substituents is 1. The maximum atomic E-state index is 14.1. The maximum Gasteiger partial charge on any atom is 0.460 e. The van der Waals surface area contributed by atoms with Crippen molar-refractivity contribution in [3.63, 3.8) is 0 Å². The molecule has 19 heteroatoms. The standard InChI is InChI=1S/C16H10F15NO3/c1-35-9(7-2-4-8(5-3-7)32(33)34)6-10(17,18)11(19,20)12(21,22)13(23,24)14(25,26)15(27,28)16(29,30)31/h2-5,9H,6H2,1H3. The average Bonchev–Trinajstić information content (AvgIpc) is 2.70. The van der Waals surface area contributed by atoms with Crippen molar-refractivity contribution in [2.24, 2.45) is 0 Å². The van der Waals surface area contributed by atoms with Gasteiger partial charge < -0.3 is 4.74 Å². The first-order valence-electron chi connectivity index (χ1n) is 8.44. The summed E-state index contributed by atoms with van der Waals surface area (Å²) in [4.78, 5) is 9.53. The molecule has 0 fully saturated rings. The zero-order valence-corrected chi connectivity index (χ0v) is 16.4. The lowest BCUT2D eigenvalue weighted by Crippen LogP contribution is -2.72. The highest BCUT2D eigenvalue weighted by Gasteiger charge is 2.93. The third-order valence-electron chi connectivity index (χ3n) is 4.59. The third-order valence-corrected chi connectivity index (χ3v) is 4.59. The lowest BCUT2D eigenvalue weighted by Gasteiger charge is -2.42. The first-order chi connectivity index (χ1) is 15.3. The minimum atomic E-state index is -8.37. The normalized spacial score (nSPS) is 15.8. The van der Waals surface area contributed by atoms with Crippen molar-refractivity contribution >= 4 is 5.69 Å². The summed E-state index contributed by atoms with van der Waals surface area (Å²) in [5.74, 6) is -47.1. The molecule has 0 aliphatic rings. The van der Waals surface area contributed by atoms with Crippen LogP contribution in [0.15, 0.2) is 24.3 Å². The van der Waals surface area contributed by atoms with Crippen LogP contribution in [-0.2, 0) is 4.74 Å². The van der Waals surface area contributed by atoms with Gasteiger partial charge in [0.1, 0.15) is 0 Å². The van der Waals surface area contributed by atoms with E-state index in [-0.39, 0.29) is 0 Å². The van der Waals surface area contributed by atoms with Crippen LogP contribution in [0.5, 0.6) is 0 Å². The molecule has 1 aromatic rings. The number of non-ortho nitro benzene ring substituents is 1. The van der Waals surface area contributed by atoms with Crippen LogP contribution in [0.3, 0.4) is 0 Å². The largest absolute Gasteiger partial charge is 0.460 e. The number of hydrogen-bond acceptors (Lipinski definition) is 3. The predicted molar refractivity (Wildman–Crippen MR) is 83.2 cm³/mol. The van der Waals surface area contributed by atoms with Gasteiger partial charge in [-0.3, -0.25) is 10.1 Å². The van der Waals surface area contributed by atoms with Gasteiger partial charge in [0.15, 0.2) is 0 Å². The lowest BCUT2D eigenvalue weighted by atomic mass is 9.88. The van der Waals surface area contributed by atoms with Gasteiger partial charge in [0.05, 0.1) is 11.0 Å². The van der Waals surface area contributed by atoms with Gasteiger partial charge in [0.2, 0.25) is 0 Å². The average molecular weight is 549 g/mol. The highest BCUT2D eigenvalue weighted by molar-refractivity contribution is 5.34. The van der Waals surface area contributed by atoms with E-state index in [0.29, 0.717) is 31.4 Å². The summed E-state index contributed by atoms with van der Waals surface area (Å²) < 4.78 is 203. The van der Waals surface area contributed by atoms with Crippen molar-refractivity contribution in [2.75, 3.05) is 7.11 Å². The third kappa shape index (κ3) is 4.69. The van der Waals surface area contributed by atoms with E-state index in [9.17, 15) is 76.0 Å². The zero-order valence-electron chi connectivity index (χ0n) is 16.4. The molecule has 202 valence electrons. The zero-order chi connectivity index (χ0) is 28.1. The Labute approximate surface area is 183 Å². The van der Waals surface area contributed by atoms with Crippen LogP contribution in [0.1, 0.15) is 18.1 Å². The second-order valence-electron chi connectivity index (χ2n) is 6.85. The molecule has 1 rings (SSSR count). The summed E-state index contributed by atoms with van der Waals surface area (Å²) in [5, 5.41) is 10.5. The maximum absolute atomic E-state index is 14.1. The molecule has 4 nitrogen and oxygen atoms in total. The number of alkyl halides is 15. The first-order valence-corrected chi connectivity index (χ1v) is 8.44. The Hall–Kier alpha value is -2.47. The molecular weight excluding hydrogens is 539 g/mol. The van der Waals surface area contributed by atoms with Gasteiger partial charge in [-0.2, -0.15) is 65.9 Å². The second-order valence-corrected chi connectivity index (χ2v) is 6.85. The Morgan fingerprint density at radius 1 is 0.714 bits per heavy atom. The van der Waals surface area contributed by atoms with Crippen LogP contribution in [0.25, 0.3) is 0 Å². The summed E-state index contributed by atoms with van der Waals surface area (Å²) in [5.41, 5.74) is -1.38. The summed E-state index contributed by atoms with van der Waals surface area (Å²) in [6, 6.07) is 2.32. The number of halogens is 15. The molecule has 1 atom stereocenters. The molecule has 1 unspecified atom stereocenters. The van der Waals surface area contributed by atoms with E-state index in [1.54, 1.807) is 0 Å². The fourth-order valence-corrected chi connectivity index (χ4v) is 2.51. The second kappa shape index (κ2) is 8.88. The highest BCUT2D eigenvalue weighted by Crippen LogP contribution is 2.63. The molecule has 35 heavy (non-hydrogen) atoms. The number of nitrogens with zero attached hydrogens (tertiary/aromatic N) is 1. The van der Waals surface area contributed by atoms with Crippen molar-refractivity contribution in [1.82, 2.24) is 0 Å². The van der Waals surface area contributed by atoms with Crippen molar-refractivity contribution in [2.45, 2.75) is 54.2 Å². The van der Waals surface area contributed by atoms with E-state index in [0.717, 1.165) is 0 Å². The summed E-state index contributed by atoms with van der Waals surface area (Å²) in [7, 11) is 0.477. The SMILES string of the molecule is COC(CC(F)(F)C(F)(F)C(F)(F)C(F)(F)C(F)(F)C(F)(F)C(F)(F)F)c1ccc([N+](=O)[O-])cc1. The Morgan fingerprint density at radius 3 is 1.43 bits per heavy atom. The molecule has 0 heterocycles. The minimum absolute atomic E-state index is 0.477. The summed E-state index contributed by atoms with van der Waals surface area (Å²) in [6.45, 7) is 0. The molecule has 0 saturated heterocycles. The molecule has 0 N–H and O–H groups in total. The van der Waals surface area contributed by atoms with Crippen molar-refractivity contribution in [1.29, 1.82) is 0 Å². The van der Waals surface area contributed by atoms with E-state index < -0.39 is 70.4 Å². The van der Waals surface area contributed by atoms with Gasteiger partial charge >= 0.3 is 41.7 Å². The van der Waals surface area contributed by atoms with E-state index in [2.05, 4.69) is 4.74 Å². The van der Waals surface area contributed by atoms with Gasteiger partial charge in [0.25, 0.3) is 5.69 Å². The molecule has 0 aliphatic heterocycles. The van der Waals surface area contributed by atoms with Crippen LogP contribution in [0.4, 0.5) is 71.5 Å². The van der Waals surface area contributed by atoms with E-state index >= 15 is 0 Å². The molecule has 0 amide bonds. The number of nitro groups is 1. The number of hydrogen-bond donors (Lipinski definition) is 0. The molecule has 0 radical (unpaired) electrons. The first kappa shape index (κ1) is 30.6. The van der Waals surface area contributed by atoms with Gasteiger partial charge in [-0.05, 0) is 17.7 Å². The van der Waals surface area contributed by atoms with Crippen LogP contribution < -0.4 is 0 Å². The smallest absolute Gasteiger partial charge is 0.377 e. The van der Waals surface area contributed by atoms with E-state index in [1.807, 2.05) is 0 Å². The molecule has 0 aliphatic carbocycles. The molecule has 0 spiro atoms. The van der Waals surface area contributed by atoms with Gasteiger partial charge in [-0.1, -0.05) is 0 Å². The topological polar surface area (TPSA) is 52.4 Å². The van der Waals surface area contributed by atoms with E-state index in [4.69, 9.17) is 0 Å². The fraction of sp³-hybridized carbons (Fsp3) is 0.625. The molecular formula is C16H10F15NO3.